The number of rotatable bonds is 1. The van der Waals surface area contributed by atoms with Crippen LogP contribution < -0.4 is 11.5 Å². The van der Waals surface area contributed by atoms with Crippen molar-refractivity contribution in [3.63, 3.8) is 0 Å². The van der Waals surface area contributed by atoms with Gasteiger partial charge < -0.3 is 11.5 Å². The summed E-state index contributed by atoms with van der Waals surface area (Å²) in [6.45, 7) is 6.12. The lowest BCUT2D eigenvalue weighted by Crippen LogP contribution is -1.91. The summed E-state index contributed by atoms with van der Waals surface area (Å²) in [5.74, 6) is 0. The quantitative estimate of drug-likeness (QED) is 0.612. The topological polar surface area (TPSA) is 52.0 Å². The number of anilines is 2. The van der Waals surface area contributed by atoms with Gasteiger partial charge in [-0.1, -0.05) is 48.0 Å². The van der Waals surface area contributed by atoms with Crippen molar-refractivity contribution in [1.82, 2.24) is 0 Å². The zero-order valence-electron chi connectivity index (χ0n) is 14.0. The molecule has 4 N–H and O–H groups in total. The maximum Gasteiger partial charge on any atom is 0.0344 e. The van der Waals surface area contributed by atoms with Gasteiger partial charge in [0.2, 0.25) is 0 Å². The first-order valence-corrected chi connectivity index (χ1v) is 7.71. The highest BCUT2D eigenvalue weighted by Crippen LogP contribution is 2.25. The maximum absolute atomic E-state index is 5.80. The molecule has 2 nitrogen and oxygen atoms in total. The van der Waals surface area contributed by atoms with Gasteiger partial charge in [0.1, 0.15) is 0 Å². The van der Waals surface area contributed by atoms with E-state index in [0.717, 1.165) is 22.5 Å². The lowest BCUT2D eigenvalue weighted by atomic mass is 10.0. The van der Waals surface area contributed by atoms with Crippen molar-refractivity contribution in [1.29, 1.82) is 0 Å². The van der Waals surface area contributed by atoms with Gasteiger partial charge in [-0.2, -0.15) is 0 Å². The number of hydrogen-bond donors (Lipinski definition) is 2. The SMILES string of the molecule is Cc1cc(-c2ccc(N)c(C)c2)ccc1N.Cc1ccccc1. The van der Waals surface area contributed by atoms with Gasteiger partial charge >= 0.3 is 0 Å². The molecule has 0 saturated heterocycles. The molecular formula is C21H24N2. The molecule has 0 aliphatic rings. The Kier molecular flexibility index (Phi) is 5.42. The van der Waals surface area contributed by atoms with Crippen LogP contribution in [-0.2, 0) is 0 Å². The molecule has 2 heteroatoms. The average molecular weight is 304 g/mol. The van der Waals surface area contributed by atoms with Crippen LogP contribution in [0.1, 0.15) is 16.7 Å². The van der Waals surface area contributed by atoms with Crippen LogP contribution in [0.5, 0.6) is 0 Å². The second-order valence-electron chi connectivity index (χ2n) is 5.80. The standard InChI is InChI=1S/C14H16N2.C7H8/c1-9-7-11(3-5-13(9)15)12-4-6-14(16)10(2)8-12;1-7-5-3-2-4-6-7/h3-8H,15-16H2,1-2H3;2-6H,1H3. The van der Waals surface area contributed by atoms with E-state index < -0.39 is 0 Å². The summed E-state index contributed by atoms with van der Waals surface area (Å²) in [5, 5.41) is 0. The van der Waals surface area contributed by atoms with Gasteiger partial charge in [0.15, 0.2) is 0 Å². The maximum atomic E-state index is 5.80. The Labute approximate surface area is 138 Å². The number of nitrogen functional groups attached to an aromatic ring is 2. The van der Waals surface area contributed by atoms with Crippen LogP contribution in [0.25, 0.3) is 11.1 Å². The third kappa shape index (κ3) is 4.62. The fourth-order valence-electron chi connectivity index (χ4n) is 2.24. The molecule has 3 aromatic carbocycles. The first-order chi connectivity index (χ1) is 11.0. The molecule has 0 bridgehead atoms. The molecule has 0 radical (unpaired) electrons. The summed E-state index contributed by atoms with van der Waals surface area (Å²) in [6, 6.07) is 22.4. The van der Waals surface area contributed by atoms with E-state index in [1.807, 2.05) is 56.3 Å². The lowest BCUT2D eigenvalue weighted by Gasteiger charge is -2.07. The summed E-state index contributed by atoms with van der Waals surface area (Å²) in [7, 11) is 0. The van der Waals surface area contributed by atoms with E-state index in [9.17, 15) is 0 Å². The Hall–Kier alpha value is -2.74. The summed E-state index contributed by atoms with van der Waals surface area (Å²) in [6.07, 6.45) is 0. The molecule has 0 aliphatic carbocycles. The lowest BCUT2D eigenvalue weighted by molar-refractivity contribution is 1.44. The molecule has 0 spiro atoms. The number of aryl methyl sites for hydroxylation is 3. The molecule has 0 aliphatic heterocycles. The Morgan fingerprint density at radius 3 is 1.30 bits per heavy atom. The molecule has 0 saturated carbocycles. The van der Waals surface area contributed by atoms with Crippen LogP contribution in [0, 0.1) is 20.8 Å². The zero-order chi connectivity index (χ0) is 16.8. The molecule has 0 heterocycles. The zero-order valence-corrected chi connectivity index (χ0v) is 14.0. The number of benzene rings is 3. The predicted octanol–water partition coefficient (Wildman–Crippen LogP) is 5.13. The minimum Gasteiger partial charge on any atom is -0.399 e. The van der Waals surface area contributed by atoms with Gasteiger partial charge in [-0.3, -0.25) is 0 Å². The molecule has 3 rings (SSSR count). The Balaban J connectivity index is 0.000000229. The van der Waals surface area contributed by atoms with Crippen LogP contribution in [-0.4, -0.2) is 0 Å². The van der Waals surface area contributed by atoms with Crippen molar-refractivity contribution in [3.05, 3.63) is 83.4 Å². The molecule has 3 aromatic rings. The van der Waals surface area contributed by atoms with Crippen molar-refractivity contribution in [2.24, 2.45) is 0 Å². The second-order valence-corrected chi connectivity index (χ2v) is 5.80. The van der Waals surface area contributed by atoms with Crippen LogP contribution in [0.15, 0.2) is 66.7 Å². The Bertz CT molecular complexity index is 728. The normalized spacial score (nSPS) is 9.87. The molecule has 0 atom stereocenters. The molecular weight excluding hydrogens is 280 g/mol. The highest BCUT2D eigenvalue weighted by atomic mass is 14.6. The van der Waals surface area contributed by atoms with Crippen molar-refractivity contribution in [2.75, 3.05) is 11.5 Å². The van der Waals surface area contributed by atoms with Crippen molar-refractivity contribution in [3.8, 4) is 11.1 Å². The third-order valence-corrected chi connectivity index (χ3v) is 3.81. The summed E-state index contributed by atoms with van der Waals surface area (Å²) in [5.41, 5.74) is 19.1. The van der Waals surface area contributed by atoms with E-state index in [4.69, 9.17) is 11.5 Å². The van der Waals surface area contributed by atoms with Gasteiger partial charge in [-0.05, 0) is 67.3 Å². The highest BCUT2D eigenvalue weighted by Gasteiger charge is 2.01. The highest BCUT2D eigenvalue weighted by molar-refractivity contribution is 5.70. The Morgan fingerprint density at radius 1 is 0.565 bits per heavy atom. The molecule has 23 heavy (non-hydrogen) atoms. The minimum atomic E-state index is 0.830. The minimum absolute atomic E-state index is 0.830. The van der Waals surface area contributed by atoms with Crippen LogP contribution >= 0.6 is 0 Å². The monoisotopic (exact) mass is 304 g/mol. The van der Waals surface area contributed by atoms with Crippen LogP contribution in [0.3, 0.4) is 0 Å². The van der Waals surface area contributed by atoms with E-state index >= 15 is 0 Å². The van der Waals surface area contributed by atoms with Crippen molar-refractivity contribution < 1.29 is 0 Å². The molecule has 118 valence electrons. The van der Waals surface area contributed by atoms with Crippen LogP contribution in [0.2, 0.25) is 0 Å². The van der Waals surface area contributed by atoms with Gasteiger partial charge in [0.05, 0.1) is 0 Å². The van der Waals surface area contributed by atoms with Crippen molar-refractivity contribution >= 4 is 11.4 Å². The van der Waals surface area contributed by atoms with E-state index in [1.165, 1.54) is 16.7 Å². The molecule has 0 amide bonds. The number of nitrogens with two attached hydrogens (primary N) is 2. The predicted molar refractivity (Wildman–Crippen MR) is 101 cm³/mol. The van der Waals surface area contributed by atoms with Gasteiger partial charge in [0.25, 0.3) is 0 Å². The molecule has 0 fully saturated rings. The number of hydrogen-bond acceptors (Lipinski definition) is 2. The summed E-state index contributed by atoms with van der Waals surface area (Å²) in [4.78, 5) is 0. The van der Waals surface area contributed by atoms with Gasteiger partial charge in [-0.25, -0.2) is 0 Å². The first-order valence-electron chi connectivity index (χ1n) is 7.71. The Morgan fingerprint density at radius 2 is 1.00 bits per heavy atom. The summed E-state index contributed by atoms with van der Waals surface area (Å²) < 4.78 is 0. The fourth-order valence-corrected chi connectivity index (χ4v) is 2.24. The van der Waals surface area contributed by atoms with Gasteiger partial charge in [0, 0.05) is 11.4 Å². The van der Waals surface area contributed by atoms with E-state index in [0.29, 0.717) is 0 Å². The second kappa shape index (κ2) is 7.50. The smallest absolute Gasteiger partial charge is 0.0344 e. The largest absolute Gasteiger partial charge is 0.399 e. The van der Waals surface area contributed by atoms with Gasteiger partial charge in [-0.15, -0.1) is 0 Å². The fraction of sp³-hybridized carbons (Fsp3) is 0.143. The van der Waals surface area contributed by atoms with E-state index in [1.54, 1.807) is 0 Å². The van der Waals surface area contributed by atoms with Crippen molar-refractivity contribution in [2.45, 2.75) is 20.8 Å². The van der Waals surface area contributed by atoms with E-state index in [2.05, 4.69) is 31.2 Å². The molecule has 0 unspecified atom stereocenters. The van der Waals surface area contributed by atoms with Crippen LogP contribution in [0.4, 0.5) is 11.4 Å². The average Bonchev–Trinajstić information content (AvgIpc) is 2.54. The molecule has 0 aromatic heterocycles. The summed E-state index contributed by atoms with van der Waals surface area (Å²) >= 11 is 0. The van der Waals surface area contributed by atoms with E-state index in [-0.39, 0.29) is 0 Å². The third-order valence-electron chi connectivity index (χ3n) is 3.81. The first kappa shape index (κ1) is 16.6.